The van der Waals surface area contributed by atoms with Crippen molar-refractivity contribution in [3.63, 3.8) is 0 Å². The second kappa shape index (κ2) is 10.3. The third-order valence-electron chi connectivity index (χ3n) is 5.98. The van der Waals surface area contributed by atoms with Crippen molar-refractivity contribution in [2.24, 2.45) is 5.73 Å². The van der Waals surface area contributed by atoms with E-state index in [1.807, 2.05) is 20.8 Å². The van der Waals surface area contributed by atoms with E-state index in [0.717, 1.165) is 11.0 Å². The Morgan fingerprint density at radius 2 is 1.93 bits per heavy atom. The van der Waals surface area contributed by atoms with Crippen LogP contribution in [-0.2, 0) is 5.41 Å². The molecule has 5 aromatic rings. The van der Waals surface area contributed by atoms with Crippen LogP contribution < -0.4 is 15.4 Å². The normalized spacial score (nSPS) is 11.2. The van der Waals surface area contributed by atoms with Crippen molar-refractivity contribution >= 4 is 17.5 Å². The van der Waals surface area contributed by atoms with Crippen molar-refractivity contribution < 1.29 is 18.4 Å². The predicted octanol–water partition coefficient (Wildman–Crippen LogP) is 6.24. The van der Waals surface area contributed by atoms with Crippen molar-refractivity contribution in [2.75, 3.05) is 4.90 Å². The summed E-state index contributed by atoms with van der Waals surface area (Å²) >= 11 is 0. The third-order valence-corrected chi connectivity index (χ3v) is 5.98. The van der Waals surface area contributed by atoms with E-state index in [1.54, 1.807) is 48.7 Å². The molecule has 0 atom stereocenters. The lowest BCUT2D eigenvalue weighted by Crippen LogP contribution is -2.33. The molecule has 2 amide bonds. The molecule has 5 rings (SSSR count). The number of pyridine rings is 1. The summed E-state index contributed by atoms with van der Waals surface area (Å²) in [5.74, 6) is 0.0714. The molecule has 3 heterocycles. The van der Waals surface area contributed by atoms with Crippen molar-refractivity contribution in [3.05, 3.63) is 96.4 Å². The van der Waals surface area contributed by atoms with Crippen LogP contribution in [0.3, 0.4) is 0 Å². The van der Waals surface area contributed by atoms with Crippen LogP contribution >= 0.6 is 0 Å². The van der Waals surface area contributed by atoms with Gasteiger partial charge in [0.1, 0.15) is 23.6 Å². The third kappa shape index (κ3) is 5.23. The molecule has 0 saturated carbocycles. The fourth-order valence-corrected chi connectivity index (χ4v) is 3.98. The molecule has 0 unspecified atom stereocenters. The molecule has 2 aromatic carbocycles. The second-order valence-electron chi connectivity index (χ2n) is 9.89. The predicted molar refractivity (Wildman–Crippen MR) is 145 cm³/mol. The van der Waals surface area contributed by atoms with Crippen LogP contribution in [0.2, 0.25) is 0 Å². The maximum absolute atomic E-state index is 15.6. The molecule has 11 heteroatoms. The van der Waals surface area contributed by atoms with Crippen molar-refractivity contribution in [2.45, 2.75) is 26.2 Å². The van der Waals surface area contributed by atoms with Gasteiger partial charge < -0.3 is 15.0 Å². The van der Waals surface area contributed by atoms with Crippen LogP contribution in [0.5, 0.6) is 11.5 Å². The van der Waals surface area contributed by atoms with Gasteiger partial charge in [0, 0.05) is 29.8 Å². The molecule has 200 valence electrons. The van der Waals surface area contributed by atoms with Crippen LogP contribution in [0.25, 0.3) is 16.9 Å². The number of ether oxygens (including phenoxy) is 1. The fourth-order valence-electron chi connectivity index (χ4n) is 3.98. The largest absolute Gasteiger partial charge is 0.457 e. The number of nitrogens with two attached hydrogens (primary N) is 1. The Bertz CT molecular complexity index is 1730. The molecule has 0 aliphatic carbocycles. The number of hydrogen-bond acceptors (Lipinski definition) is 7. The summed E-state index contributed by atoms with van der Waals surface area (Å²) in [6.07, 6.45) is 4.52. The first-order valence-electron chi connectivity index (χ1n) is 12.2. The average molecular weight is 538 g/mol. The highest BCUT2D eigenvalue weighted by Crippen LogP contribution is 2.36. The molecule has 3 aromatic heterocycles. The number of carbonyl (C=O) groups is 1. The Morgan fingerprint density at radius 1 is 1.12 bits per heavy atom. The fraction of sp³-hybridized carbons (Fsp3) is 0.138. The summed E-state index contributed by atoms with van der Waals surface area (Å²) in [5.41, 5.74) is 8.07. The smallest absolute Gasteiger partial charge is 0.325 e. The molecular formula is C29H24FN7O3. The molecular weight excluding hydrogens is 513 g/mol. The molecule has 0 radical (unpaired) electrons. The SMILES string of the molecule is CC(C)(C)c1cc(N(C(N)=O)c2ccc(Oc3ccnc(-c4cnoc4)c3)cc2F)n(-c2cccc(C#N)c2)n1. The number of benzene rings is 2. The lowest BCUT2D eigenvalue weighted by atomic mass is 9.92. The zero-order valence-electron chi connectivity index (χ0n) is 21.9. The van der Waals surface area contributed by atoms with Gasteiger partial charge in [0.15, 0.2) is 5.82 Å². The maximum Gasteiger partial charge on any atom is 0.325 e. The van der Waals surface area contributed by atoms with Crippen LogP contribution in [-0.4, -0.2) is 26.0 Å². The van der Waals surface area contributed by atoms with Gasteiger partial charge in [0.25, 0.3) is 0 Å². The Kier molecular flexibility index (Phi) is 6.75. The topological polar surface area (TPSA) is 136 Å². The minimum absolute atomic E-state index is 0.0993. The molecule has 0 aliphatic heterocycles. The van der Waals surface area contributed by atoms with Crippen LogP contribution in [0.4, 0.5) is 20.7 Å². The van der Waals surface area contributed by atoms with Crippen molar-refractivity contribution in [1.29, 1.82) is 5.26 Å². The Balaban J connectivity index is 1.53. The van der Waals surface area contributed by atoms with Crippen LogP contribution in [0, 0.1) is 17.1 Å². The second-order valence-corrected chi connectivity index (χ2v) is 9.89. The van der Waals surface area contributed by atoms with E-state index in [1.165, 1.54) is 29.3 Å². The summed E-state index contributed by atoms with van der Waals surface area (Å²) in [7, 11) is 0. The number of hydrogen-bond donors (Lipinski definition) is 1. The number of aromatic nitrogens is 4. The number of nitriles is 1. The molecule has 2 N–H and O–H groups in total. The number of primary amides is 1. The van der Waals surface area contributed by atoms with Gasteiger partial charge >= 0.3 is 6.03 Å². The van der Waals surface area contributed by atoms with Crippen molar-refractivity contribution in [3.8, 4) is 34.5 Å². The van der Waals surface area contributed by atoms with Crippen molar-refractivity contribution in [1.82, 2.24) is 19.9 Å². The lowest BCUT2D eigenvalue weighted by molar-refractivity contribution is 0.255. The number of urea groups is 1. The number of carbonyl (C=O) groups excluding carboxylic acids is 1. The van der Waals surface area contributed by atoms with Gasteiger partial charge in [-0.2, -0.15) is 10.4 Å². The highest BCUT2D eigenvalue weighted by atomic mass is 19.1. The Morgan fingerprint density at radius 3 is 2.60 bits per heavy atom. The molecule has 0 spiro atoms. The first-order chi connectivity index (χ1) is 19.1. The molecule has 0 fully saturated rings. The summed E-state index contributed by atoms with van der Waals surface area (Å²) in [5, 5.41) is 17.7. The van der Waals surface area contributed by atoms with Crippen LogP contribution in [0.15, 0.2) is 83.8 Å². The number of halogens is 1. The van der Waals surface area contributed by atoms with E-state index in [0.29, 0.717) is 34.0 Å². The van der Waals surface area contributed by atoms with Gasteiger partial charge in [-0.1, -0.05) is 32.0 Å². The van der Waals surface area contributed by atoms with E-state index in [-0.39, 0.29) is 17.3 Å². The number of rotatable bonds is 6. The monoisotopic (exact) mass is 537 g/mol. The van der Waals surface area contributed by atoms with E-state index < -0.39 is 17.3 Å². The number of anilines is 2. The van der Waals surface area contributed by atoms with Gasteiger partial charge in [0.2, 0.25) is 0 Å². The van der Waals surface area contributed by atoms with Gasteiger partial charge in [-0.3, -0.25) is 4.98 Å². The van der Waals surface area contributed by atoms with Crippen LogP contribution in [0.1, 0.15) is 32.0 Å². The molecule has 10 nitrogen and oxygen atoms in total. The highest BCUT2D eigenvalue weighted by molar-refractivity contribution is 5.98. The first-order valence-corrected chi connectivity index (χ1v) is 12.2. The van der Waals surface area contributed by atoms with Gasteiger partial charge in [-0.05, 0) is 36.4 Å². The van der Waals surface area contributed by atoms with E-state index in [9.17, 15) is 10.1 Å². The quantitative estimate of drug-likeness (QED) is 0.271. The van der Waals surface area contributed by atoms with E-state index in [2.05, 4.69) is 21.3 Å². The summed E-state index contributed by atoms with van der Waals surface area (Å²) in [6, 6.07) is 16.9. The molecule has 0 aliphatic rings. The summed E-state index contributed by atoms with van der Waals surface area (Å²) in [6.45, 7) is 5.89. The molecule has 40 heavy (non-hydrogen) atoms. The zero-order valence-corrected chi connectivity index (χ0v) is 21.9. The zero-order chi connectivity index (χ0) is 28.4. The Hall–Kier alpha value is -5.50. The van der Waals surface area contributed by atoms with Gasteiger partial charge in [-0.15, -0.1) is 0 Å². The first kappa shape index (κ1) is 26.1. The molecule has 0 bridgehead atoms. The minimum Gasteiger partial charge on any atom is -0.457 e. The van der Waals surface area contributed by atoms with Gasteiger partial charge in [-0.25, -0.2) is 18.8 Å². The standard InChI is InChI=1S/C29H24FN7O3/c1-29(2,3)26-14-27(37(35-26)20-6-4-5-18(11-20)15-31)36(28(32)38)25-8-7-21(12-23(25)30)40-22-9-10-33-24(13-22)19-16-34-39-17-19/h4-14,16-17H,1-3H3,(H2,32,38). The summed E-state index contributed by atoms with van der Waals surface area (Å²) in [4.78, 5) is 18.1. The Labute approximate surface area is 229 Å². The van der Waals surface area contributed by atoms with E-state index >= 15 is 4.39 Å². The van der Waals surface area contributed by atoms with Gasteiger partial charge in [0.05, 0.1) is 46.2 Å². The number of amides is 2. The van der Waals surface area contributed by atoms with E-state index in [4.69, 9.17) is 15.0 Å². The minimum atomic E-state index is -0.918. The summed E-state index contributed by atoms with van der Waals surface area (Å²) < 4.78 is 27.8. The molecule has 0 saturated heterocycles. The highest BCUT2D eigenvalue weighted by Gasteiger charge is 2.28. The average Bonchev–Trinajstić information content (AvgIpc) is 3.61. The maximum atomic E-state index is 15.6. The number of nitrogens with zero attached hydrogens (tertiary/aromatic N) is 6. The lowest BCUT2D eigenvalue weighted by Gasteiger charge is -2.22.